The molecule has 1 aliphatic rings. The highest BCUT2D eigenvalue weighted by Gasteiger charge is 2.43. The molecule has 0 bridgehead atoms. The Morgan fingerprint density at radius 1 is 1.13 bits per heavy atom. The minimum atomic E-state index is -1.39. The van der Waals surface area contributed by atoms with Crippen LogP contribution >= 0.6 is 12.6 Å². The number of thiol groups is 1. The van der Waals surface area contributed by atoms with E-state index in [9.17, 15) is 15.3 Å². The second kappa shape index (κ2) is 6.00. The van der Waals surface area contributed by atoms with Crippen LogP contribution < -0.4 is 0 Å². The average Bonchev–Trinajstić information content (AvgIpc) is 2.25. The average molecular weight is 240 g/mol. The van der Waals surface area contributed by atoms with Crippen LogP contribution in [0.4, 0.5) is 0 Å². The molecule has 1 saturated heterocycles. The predicted octanol–water partition coefficient (Wildman–Crippen LogP) is -2.27. The van der Waals surface area contributed by atoms with Crippen molar-refractivity contribution >= 4 is 12.6 Å². The van der Waals surface area contributed by atoms with E-state index in [2.05, 4.69) is 12.6 Å². The van der Waals surface area contributed by atoms with Crippen molar-refractivity contribution in [1.29, 1.82) is 0 Å². The summed E-state index contributed by atoms with van der Waals surface area (Å²) in [5.41, 5.74) is 0. The first kappa shape index (κ1) is 13.2. The maximum absolute atomic E-state index is 9.48. The van der Waals surface area contributed by atoms with E-state index in [1.807, 2.05) is 0 Å². The molecule has 7 heteroatoms. The molecule has 6 nitrogen and oxygen atoms in total. The molecular weight excluding hydrogens is 224 g/mol. The van der Waals surface area contributed by atoms with E-state index < -0.39 is 37.3 Å². The van der Waals surface area contributed by atoms with Crippen molar-refractivity contribution in [2.75, 3.05) is 19.0 Å². The number of rotatable bonds is 4. The highest BCUT2D eigenvalue weighted by molar-refractivity contribution is 7.80. The molecule has 0 unspecified atom stereocenters. The summed E-state index contributed by atoms with van der Waals surface area (Å²) < 4.78 is 10.1. The summed E-state index contributed by atoms with van der Waals surface area (Å²) >= 11 is 3.91. The fraction of sp³-hybridized carbons (Fsp3) is 1.00. The number of hydrogen-bond donors (Lipinski definition) is 5. The summed E-state index contributed by atoms with van der Waals surface area (Å²) in [6.45, 7) is -0.211. The minimum absolute atomic E-state index is 0.242. The SMILES string of the molecule is OC[C@H]1O[C@@H](OCCS)[C@@H](O)[C@@H](O)[C@@H]1O. The third-order valence-corrected chi connectivity index (χ3v) is 2.40. The monoisotopic (exact) mass is 240 g/mol. The Balaban J connectivity index is 2.57. The van der Waals surface area contributed by atoms with Crippen molar-refractivity contribution in [1.82, 2.24) is 0 Å². The van der Waals surface area contributed by atoms with Gasteiger partial charge >= 0.3 is 0 Å². The van der Waals surface area contributed by atoms with E-state index in [-0.39, 0.29) is 6.61 Å². The number of hydrogen-bond acceptors (Lipinski definition) is 7. The molecule has 90 valence electrons. The Morgan fingerprint density at radius 2 is 1.80 bits per heavy atom. The van der Waals surface area contributed by atoms with Crippen LogP contribution in [0.1, 0.15) is 0 Å². The lowest BCUT2D eigenvalue weighted by molar-refractivity contribution is -0.299. The third kappa shape index (κ3) is 3.04. The Morgan fingerprint density at radius 3 is 2.33 bits per heavy atom. The van der Waals surface area contributed by atoms with Crippen LogP contribution in [0.15, 0.2) is 0 Å². The lowest BCUT2D eigenvalue weighted by atomic mass is 9.99. The highest BCUT2D eigenvalue weighted by Crippen LogP contribution is 2.21. The molecule has 15 heavy (non-hydrogen) atoms. The summed E-state index contributed by atoms with van der Waals surface area (Å²) in [4.78, 5) is 0. The van der Waals surface area contributed by atoms with Gasteiger partial charge in [-0.25, -0.2) is 0 Å². The van der Waals surface area contributed by atoms with Crippen molar-refractivity contribution in [3.63, 3.8) is 0 Å². The molecule has 0 radical (unpaired) electrons. The van der Waals surface area contributed by atoms with E-state index in [1.165, 1.54) is 0 Å². The van der Waals surface area contributed by atoms with Gasteiger partial charge in [0, 0.05) is 5.75 Å². The van der Waals surface area contributed by atoms with Gasteiger partial charge in [-0.15, -0.1) is 0 Å². The largest absolute Gasteiger partial charge is 0.394 e. The molecule has 4 N–H and O–H groups in total. The molecular formula is C8H16O6S. The Labute approximate surface area is 92.8 Å². The van der Waals surface area contributed by atoms with Crippen LogP contribution in [0.5, 0.6) is 0 Å². The number of aliphatic hydroxyl groups excluding tert-OH is 4. The predicted molar refractivity (Wildman–Crippen MR) is 53.6 cm³/mol. The van der Waals surface area contributed by atoms with Gasteiger partial charge in [0.05, 0.1) is 13.2 Å². The van der Waals surface area contributed by atoms with Gasteiger partial charge in [-0.05, 0) is 0 Å². The summed E-state index contributed by atoms with van der Waals surface area (Å²) in [6, 6.07) is 0. The zero-order chi connectivity index (χ0) is 11.4. The van der Waals surface area contributed by atoms with Crippen LogP contribution in [0.3, 0.4) is 0 Å². The molecule has 0 saturated carbocycles. The first-order valence-corrected chi connectivity index (χ1v) is 5.28. The van der Waals surface area contributed by atoms with Crippen LogP contribution in [0.2, 0.25) is 0 Å². The topological polar surface area (TPSA) is 99.4 Å². The smallest absolute Gasteiger partial charge is 0.186 e. The normalized spacial score (nSPS) is 41.8. The van der Waals surface area contributed by atoms with E-state index in [0.29, 0.717) is 5.75 Å². The molecule has 1 aliphatic heterocycles. The first-order valence-electron chi connectivity index (χ1n) is 4.64. The summed E-state index contributed by atoms with van der Waals surface area (Å²) in [6.07, 6.45) is -6.04. The van der Waals surface area contributed by atoms with Gasteiger partial charge in [-0.3, -0.25) is 0 Å². The number of ether oxygens (including phenoxy) is 2. The van der Waals surface area contributed by atoms with Gasteiger partial charge in [-0.2, -0.15) is 12.6 Å². The van der Waals surface area contributed by atoms with Crippen molar-refractivity contribution in [3.05, 3.63) is 0 Å². The van der Waals surface area contributed by atoms with Gasteiger partial charge < -0.3 is 29.9 Å². The van der Waals surface area contributed by atoms with Crippen molar-refractivity contribution in [3.8, 4) is 0 Å². The maximum atomic E-state index is 9.48. The quantitative estimate of drug-likeness (QED) is 0.355. The van der Waals surface area contributed by atoms with Crippen LogP contribution in [0, 0.1) is 0 Å². The molecule has 5 atom stereocenters. The van der Waals surface area contributed by atoms with Crippen LogP contribution in [-0.2, 0) is 9.47 Å². The zero-order valence-corrected chi connectivity index (χ0v) is 8.96. The van der Waals surface area contributed by atoms with Crippen LogP contribution in [-0.4, -0.2) is 70.1 Å². The maximum Gasteiger partial charge on any atom is 0.186 e. The van der Waals surface area contributed by atoms with Crippen LogP contribution in [0.25, 0.3) is 0 Å². The van der Waals surface area contributed by atoms with Gasteiger partial charge in [0.25, 0.3) is 0 Å². The third-order valence-electron chi connectivity index (χ3n) is 2.22. The molecule has 0 aromatic heterocycles. The second-order valence-electron chi connectivity index (χ2n) is 3.29. The van der Waals surface area contributed by atoms with Gasteiger partial charge in [0.2, 0.25) is 0 Å². The first-order chi connectivity index (χ1) is 7.11. The fourth-order valence-electron chi connectivity index (χ4n) is 1.37. The molecule has 0 amide bonds. The van der Waals surface area contributed by atoms with Crippen molar-refractivity contribution < 1.29 is 29.9 Å². The van der Waals surface area contributed by atoms with E-state index in [0.717, 1.165) is 0 Å². The summed E-state index contributed by atoms with van der Waals surface area (Å²) in [7, 11) is 0. The summed E-state index contributed by atoms with van der Waals surface area (Å²) in [5.74, 6) is 0.440. The van der Waals surface area contributed by atoms with Gasteiger partial charge in [0.15, 0.2) is 6.29 Å². The minimum Gasteiger partial charge on any atom is -0.394 e. The van der Waals surface area contributed by atoms with Crippen molar-refractivity contribution in [2.45, 2.75) is 30.7 Å². The lowest BCUT2D eigenvalue weighted by Gasteiger charge is -2.39. The Bertz CT molecular complexity index is 190. The lowest BCUT2D eigenvalue weighted by Crippen LogP contribution is -2.59. The highest BCUT2D eigenvalue weighted by atomic mass is 32.1. The molecule has 1 fully saturated rings. The standard InChI is InChI=1S/C8H16O6S/c9-3-4-5(10)6(11)7(12)8(14-4)13-1-2-15/h4-12,15H,1-3H2/t4-,5-,6+,7+,8-/m1/s1. The molecule has 1 heterocycles. The molecule has 0 aromatic rings. The number of aliphatic hydroxyl groups is 4. The molecule has 0 aliphatic carbocycles. The Kier molecular flexibility index (Phi) is 5.27. The fourth-order valence-corrected chi connectivity index (χ4v) is 1.48. The van der Waals surface area contributed by atoms with E-state index >= 15 is 0 Å². The van der Waals surface area contributed by atoms with E-state index in [4.69, 9.17) is 14.6 Å². The molecule has 0 aromatic carbocycles. The Hall–Kier alpha value is 0.110. The van der Waals surface area contributed by atoms with Crippen molar-refractivity contribution in [2.24, 2.45) is 0 Å². The second-order valence-corrected chi connectivity index (χ2v) is 3.74. The van der Waals surface area contributed by atoms with E-state index in [1.54, 1.807) is 0 Å². The molecule has 0 spiro atoms. The summed E-state index contributed by atoms with van der Waals surface area (Å²) in [5, 5.41) is 37.2. The molecule has 1 rings (SSSR count). The zero-order valence-electron chi connectivity index (χ0n) is 8.06. The van der Waals surface area contributed by atoms with Gasteiger partial charge in [-0.1, -0.05) is 0 Å². The van der Waals surface area contributed by atoms with Gasteiger partial charge in [0.1, 0.15) is 24.4 Å².